The van der Waals surface area contributed by atoms with E-state index in [2.05, 4.69) is 0 Å². The van der Waals surface area contributed by atoms with Gasteiger partial charge >= 0.3 is 23.9 Å². The second-order valence-electron chi connectivity index (χ2n) is 10.7. The van der Waals surface area contributed by atoms with Crippen molar-refractivity contribution in [1.82, 2.24) is 0 Å². The molecule has 3 unspecified atom stereocenters. The summed E-state index contributed by atoms with van der Waals surface area (Å²) in [5.74, 6) is -2.30. The lowest BCUT2D eigenvalue weighted by atomic mass is 9.79. The van der Waals surface area contributed by atoms with Crippen molar-refractivity contribution in [3.63, 3.8) is 0 Å². The number of rotatable bonds is 11. The van der Waals surface area contributed by atoms with E-state index < -0.39 is 29.9 Å². The lowest BCUT2D eigenvalue weighted by Crippen LogP contribution is -2.36. The predicted molar refractivity (Wildman–Crippen MR) is 132 cm³/mol. The molecule has 0 aromatic carbocycles. The van der Waals surface area contributed by atoms with E-state index in [1.54, 1.807) is 6.92 Å². The zero-order valence-corrected chi connectivity index (χ0v) is 21.9. The van der Waals surface area contributed by atoms with E-state index in [1.807, 2.05) is 0 Å². The van der Waals surface area contributed by atoms with Crippen LogP contribution in [0.3, 0.4) is 0 Å². The minimum absolute atomic E-state index is 0.00129. The van der Waals surface area contributed by atoms with Gasteiger partial charge in [0.2, 0.25) is 0 Å². The summed E-state index contributed by atoms with van der Waals surface area (Å²) >= 11 is 0. The molecule has 0 amide bonds. The van der Waals surface area contributed by atoms with Crippen molar-refractivity contribution in [2.45, 2.75) is 109 Å². The first-order chi connectivity index (χ1) is 17.5. The summed E-state index contributed by atoms with van der Waals surface area (Å²) in [7, 11) is 0. The molecular weight excluding hydrogens is 464 g/mol. The maximum atomic E-state index is 12.9. The fourth-order valence-electron chi connectivity index (χ4n) is 5.67. The van der Waals surface area contributed by atoms with E-state index >= 15 is 0 Å². The van der Waals surface area contributed by atoms with Crippen LogP contribution in [0, 0.1) is 23.7 Å². The first-order valence-electron chi connectivity index (χ1n) is 14.2. The van der Waals surface area contributed by atoms with Gasteiger partial charge in [0.05, 0.1) is 30.3 Å². The Hall–Kier alpha value is -2.12. The molecule has 0 aliphatic heterocycles. The van der Waals surface area contributed by atoms with Gasteiger partial charge in [-0.1, -0.05) is 51.4 Å². The van der Waals surface area contributed by atoms with Crippen molar-refractivity contribution < 1.29 is 38.1 Å². The van der Waals surface area contributed by atoms with E-state index in [9.17, 15) is 19.2 Å². The molecule has 0 bridgehead atoms. The molecule has 0 radical (unpaired) electrons. The highest BCUT2D eigenvalue weighted by molar-refractivity contribution is 5.82. The van der Waals surface area contributed by atoms with Gasteiger partial charge in [0.25, 0.3) is 0 Å². The van der Waals surface area contributed by atoms with Gasteiger partial charge in [0.1, 0.15) is 19.3 Å². The molecule has 3 saturated carbocycles. The molecule has 3 aliphatic carbocycles. The average Bonchev–Trinajstić information content (AvgIpc) is 2.91. The van der Waals surface area contributed by atoms with Gasteiger partial charge in [-0.25, -0.2) is 0 Å². The highest BCUT2D eigenvalue weighted by atomic mass is 16.6. The number of hydrogen-bond acceptors (Lipinski definition) is 8. The molecule has 0 saturated heterocycles. The van der Waals surface area contributed by atoms with Crippen LogP contribution in [0.5, 0.6) is 0 Å². The zero-order chi connectivity index (χ0) is 25.8. The summed E-state index contributed by atoms with van der Waals surface area (Å²) in [6.45, 7) is 2.04. The van der Waals surface area contributed by atoms with Crippen LogP contribution < -0.4 is 0 Å². The predicted octanol–water partition coefficient (Wildman–Crippen LogP) is 4.90. The molecule has 36 heavy (non-hydrogen) atoms. The standard InChI is InChI=1S/C28H44O8/c1-20(16-17-33-25(29)21-10-4-2-5-11-21)36-28(32)24-15-9-8-14-23(24)27(31)35-19-18-34-26(30)22-12-6-3-7-13-22/h20-24H,2-19H2,1H3. The molecule has 3 atom stereocenters. The fraction of sp³-hybridized carbons (Fsp3) is 0.857. The Morgan fingerprint density at radius 3 is 1.50 bits per heavy atom. The molecule has 0 spiro atoms. The van der Waals surface area contributed by atoms with Gasteiger partial charge in [0, 0.05) is 6.42 Å². The van der Waals surface area contributed by atoms with E-state index in [-0.39, 0.29) is 43.6 Å². The molecule has 0 aromatic heterocycles. The van der Waals surface area contributed by atoms with Crippen molar-refractivity contribution in [3.05, 3.63) is 0 Å². The Morgan fingerprint density at radius 1 is 0.556 bits per heavy atom. The summed E-state index contributed by atoms with van der Waals surface area (Å²) in [4.78, 5) is 49.9. The quantitative estimate of drug-likeness (QED) is 0.220. The Balaban J connectivity index is 1.35. The van der Waals surface area contributed by atoms with Gasteiger partial charge in [-0.2, -0.15) is 0 Å². The Labute approximate surface area is 215 Å². The third-order valence-corrected chi connectivity index (χ3v) is 7.91. The van der Waals surface area contributed by atoms with Crippen LogP contribution in [0.15, 0.2) is 0 Å². The van der Waals surface area contributed by atoms with Crippen molar-refractivity contribution in [3.8, 4) is 0 Å². The minimum atomic E-state index is -0.545. The molecule has 0 N–H and O–H groups in total. The summed E-state index contributed by atoms with van der Waals surface area (Å²) in [5, 5.41) is 0. The smallest absolute Gasteiger partial charge is 0.310 e. The maximum Gasteiger partial charge on any atom is 0.310 e. The summed E-state index contributed by atoms with van der Waals surface area (Å²) in [6.07, 6.45) is 13.0. The minimum Gasteiger partial charge on any atom is -0.465 e. The van der Waals surface area contributed by atoms with Crippen LogP contribution in [0.25, 0.3) is 0 Å². The van der Waals surface area contributed by atoms with Gasteiger partial charge in [0.15, 0.2) is 0 Å². The van der Waals surface area contributed by atoms with Crippen molar-refractivity contribution in [2.75, 3.05) is 19.8 Å². The number of hydrogen-bond donors (Lipinski definition) is 0. The van der Waals surface area contributed by atoms with Gasteiger partial charge < -0.3 is 18.9 Å². The Morgan fingerprint density at radius 2 is 0.972 bits per heavy atom. The Kier molecular flexibility index (Phi) is 12.0. The van der Waals surface area contributed by atoms with E-state index in [1.165, 1.54) is 12.8 Å². The lowest BCUT2D eigenvalue weighted by molar-refractivity contribution is -0.168. The van der Waals surface area contributed by atoms with Crippen LogP contribution >= 0.6 is 0 Å². The average molecular weight is 509 g/mol. The van der Waals surface area contributed by atoms with Crippen LogP contribution in [-0.2, 0) is 38.1 Å². The number of ether oxygens (including phenoxy) is 4. The van der Waals surface area contributed by atoms with Crippen LogP contribution in [0.1, 0.15) is 103 Å². The van der Waals surface area contributed by atoms with Gasteiger partial charge in [-0.3, -0.25) is 19.2 Å². The van der Waals surface area contributed by atoms with Crippen molar-refractivity contribution in [2.24, 2.45) is 23.7 Å². The molecular formula is C28H44O8. The summed E-state index contributed by atoms with van der Waals surface area (Å²) < 4.78 is 21.7. The highest BCUT2D eigenvalue weighted by Crippen LogP contribution is 2.32. The maximum absolute atomic E-state index is 12.9. The molecule has 3 fully saturated rings. The lowest BCUT2D eigenvalue weighted by Gasteiger charge is -2.29. The highest BCUT2D eigenvalue weighted by Gasteiger charge is 2.38. The van der Waals surface area contributed by atoms with Crippen LogP contribution in [0.2, 0.25) is 0 Å². The molecule has 0 heterocycles. The second kappa shape index (κ2) is 15.2. The number of carbonyl (C=O) groups is 4. The van der Waals surface area contributed by atoms with E-state index in [0.717, 1.165) is 64.2 Å². The first kappa shape index (κ1) is 28.5. The van der Waals surface area contributed by atoms with E-state index in [0.29, 0.717) is 19.3 Å². The molecule has 3 aliphatic rings. The molecule has 3 rings (SSSR count). The normalized spacial score (nSPS) is 24.4. The molecule has 0 aromatic rings. The van der Waals surface area contributed by atoms with Crippen molar-refractivity contribution >= 4 is 23.9 Å². The first-order valence-corrected chi connectivity index (χ1v) is 14.2. The molecule has 204 valence electrons. The monoisotopic (exact) mass is 508 g/mol. The summed E-state index contributed by atoms with van der Waals surface area (Å²) in [5.41, 5.74) is 0. The SMILES string of the molecule is CC(CCOC(=O)C1CCCCC1)OC(=O)C1CCCCC1C(=O)OCCOC(=O)C1CCCCC1. The van der Waals surface area contributed by atoms with Crippen LogP contribution in [0.4, 0.5) is 0 Å². The Bertz CT molecular complexity index is 723. The van der Waals surface area contributed by atoms with Crippen molar-refractivity contribution in [1.29, 1.82) is 0 Å². The fourth-order valence-corrected chi connectivity index (χ4v) is 5.67. The van der Waals surface area contributed by atoms with E-state index in [4.69, 9.17) is 18.9 Å². The largest absolute Gasteiger partial charge is 0.465 e. The topological polar surface area (TPSA) is 105 Å². The van der Waals surface area contributed by atoms with Gasteiger partial charge in [-0.05, 0) is 45.4 Å². The van der Waals surface area contributed by atoms with Gasteiger partial charge in [-0.15, -0.1) is 0 Å². The van der Waals surface area contributed by atoms with Crippen LogP contribution in [-0.4, -0.2) is 49.8 Å². The zero-order valence-electron chi connectivity index (χ0n) is 21.9. The number of esters is 4. The number of carbonyl (C=O) groups excluding carboxylic acids is 4. The second-order valence-corrected chi connectivity index (χ2v) is 10.7. The summed E-state index contributed by atoms with van der Waals surface area (Å²) in [6, 6.07) is 0. The third-order valence-electron chi connectivity index (χ3n) is 7.91. The third kappa shape index (κ3) is 9.07. The molecule has 8 heteroatoms. The molecule has 8 nitrogen and oxygen atoms in total.